The van der Waals surface area contributed by atoms with Crippen molar-refractivity contribution < 1.29 is 19.0 Å². The Hall–Kier alpha value is -1.29. The molecule has 4 heteroatoms. The van der Waals surface area contributed by atoms with Crippen LogP contribution in [0.1, 0.15) is 25.0 Å². The molecular formula is C11H13FO3. The van der Waals surface area contributed by atoms with E-state index in [4.69, 9.17) is 9.47 Å². The number of rotatable bonds is 1. The van der Waals surface area contributed by atoms with Gasteiger partial charge in [0.25, 0.3) is 0 Å². The highest BCUT2D eigenvalue weighted by Crippen LogP contribution is 2.38. The van der Waals surface area contributed by atoms with E-state index in [1.807, 2.05) is 0 Å². The van der Waals surface area contributed by atoms with Crippen LogP contribution in [0.25, 0.3) is 0 Å². The average molecular weight is 212 g/mol. The third-order valence-electron chi connectivity index (χ3n) is 2.33. The summed E-state index contributed by atoms with van der Waals surface area (Å²) < 4.78 is 24.1. The zero-order chi connectivity index (χ0) is 10.8. The summed E-state index contributed by atoms with van der Waals surface area (Å²) in [5.74, 6) is 0.00435. The first-order valence-electron chi connectivity index (χ1n) is 4.96. The summed E-state index contributed by atoms with van der Waals surface area (Å²) in [7, 11) is 0. The third kappa shape index (κ3) is 1.90. The van der Waals surface area contributed by atoms with Gasteiger partial charge in [0, 0.05) is 12.0 Å². The summed E-state index contributed by atoms with van der Waals surface area (Å²) in [6, 6.07) is 2.81. The summed E-state index contributed by atoms with van der Waals surface area (Å²) >= 11 is 0. The minimum atomic E-state index is -0.693. The highest BCUT2D eigenvalue weighted by molar-refractivity contribution is 5.48. The van der Waals surface area contributed by atoms with Gasteiger partial charge in [-0.15, -0.1) is 0 Å². The van der Waals surface area contributed by atoms with Gasteiger partial charge >= 0.3 is 0 Å². The molecule has 1 N–H and O–H groups in total. The van der Waals surface area contributed by atoms with E-state index in [2.05, 4.69) is 0 Å². The van der Waals surface area contributed by atoms with Crippen molar-refractivity contribution in [3.8, 4) is 11.5 Å². The minimum Gasteiger partial charge on any atom is -0.489 e. The number of ether oxygens (including phenoxy) is 2. The third-order valence-corrected chi connectivity index (χ3v) is 2.33. The summed E-state index contributed by atoms with van der Waals surface area (Å²) in [4.78, 5) is 0. The van der Waals surface area contributed by atoms with E-state index in [1.165, 1.54) is 12.1 Å². The second-order valence-corrected chi connectivity index (χ2v) is 3.52. The molecule has 0 radical (unpaired) electrons. The number of fused-ring (bicyclic) bond motifs is 1. The number of benzene rings is 1. The van der Waals surface area contributed by atoms with Gasteiger partial charge in [0.05, 0.1) is 19.3 Å². The summed E-state index contributed by atoms with van der Waals surface area (Å²) in [5.41, 5.74) is 0.563. The predicted octanol–water partition coefficient (Wildman–Crippen LogP) is 2.04. The molecule has 1 aromatic carbocycles. The van der Waals surface area contributed by atoms with Crippen molar-refractivity contribution in [2.24, 2.45) is 0 Å². The highest BCUT2D eigenvalue weighted by Gasteiger charge is 2.21. The fraction of sp³-hybridized carbons (Fsp3) is 0.455. The lowest BCUT2D eigenvalue weighted by atomic mass is 10.1. The Morgan fingerprint density at radius 2 is 1.93 bits per heavy atom. The molecule has 3 nitrogen and oxygen atoms in total. The largest absolute Gasteiger partial charge is 0.489 e. The second-order valence-electron chi connectivity index (χ2n) is 3.52. The fourth-order valence-electron chi connectivity index (χ4n) is 1.57. The minimum absolute atomic E-state index is 0.117. The van der Waals surface area contributed by atoms with E-state index in [0.717, 1.165) is 0 Å². The van der Waals surface area contributed by atoms with Crippen molar-refractivity contribution in [3.05, 3.63) is 23.5 Å². The van der Waals surface area contributed by atoms with Crippen LogP contribution in [0.15, 0.2) is 12.1 Å². The van der Waals surface area contributed by atoms with E-state index in [0.29, 0.717) is 30.9 Å². The highest BCUT2D eigenvalue weighted by atomic mass is 19.1. The first-order valence-corrected chi connectivity index (χ1v) is 4.96. The van der Waals surface area contributed by atoms with Crippen molar-refractivity contribution in [1.29, 1.82) is 0 Å². The van der Waals surface area contributed by atoms with Crippen LogP contribution in [-0.4, -0.2) is 18.3 Å². The molecule has 1 atom stereocenters. The van der Waals surface area contributed by atoms with Crippen molar-refractivity contribution in [2.75, 3.05) is 13.2 Å². The zero-order valence-corrected chi connectivity index (χ0v) is 8.50. The number of aliphatic hydroxyl groups is 1. The van der Waals surface area contributed by atoms with Crippen LogP contribution in [0.2, 0.25) is 0 Å². The van der Waals surface area contributed by atoms with Crippen LogP contribution in [0.4, 0.5) is 4.39 Å². The van der Waals surface area contributed by atoms with Gasteiger partial charge in [-0.3, -0.25) is 0 Å². The molecule has 82 valence electrons. The molecule has 1 unspecified atom stereocenters. The van der Waals surface area contributed by atoms with Crippen LogP contribution in [-0.2, 0) is 0 Å². The lowest BCUT2D eigenvalue weighted by Gasteiger charge is -2.14. The maximum Gasteiger partial charge on any atom is 0.197 e. The Balaban J connectivity index is 2.51. The smallest absolute Gasteiger partial charge is 0.197 e. The normalized spacial score (nSPS) is 17.0. The molecule has 1 aromatic rings. The van der Waals surface area contributed by atoms with Crippen molar-refractivity contribution in [1.82, 2.24) is 0 Å². The molecule has 1 aliphatic rings. The Morgan fingerprint density at radius 3 is 2.60 bits per heavy atom. The maximum absolute atomic E-state index is 13.4. The molecule has 0 saturated heterocycles. The number of hydrogen-bond donors (Lipinski definition) is 1. The first-order chi connectivity index (χ1) is 7.20. The molecule has 0 amide bonds. The Kier molecular flexibility index (Phi) is 2.77. The Bertz CT molecular complexity index is 363. The lowest BCUT2D eigenvalue weighted by molar-refractivity contribution is 0.191. The van der Waals surface area contributed by atoms with Gasteiger partial charge < -0.3 is 14.6 Å². The van der Waals surface area contributed by atoms with Gasteiger partial charge in [-0.1, -0.05) is 0 Å². The molecule has 0 aromatic heterocycles. The summed E-state index contributed by atoms with van der Waals surface area (Å²) in [6.45, 7) is 2.53. The maximum atomic E-state index is 13.4. The summed E-state index contributed by atoms with van der Waals surface area (Å²) in [5, 5.41) is 9.50. The van der Waals surface area contributed by atoms with Gasteiger partial charge in [0.2, 0.25) is 0 Å². The van der Waals surface area contributed by atoms with Crippen molar-refractivity contribution in [3.63, 3.8) is 0 Å². The number of aliphatic hydroxyl groups excluding tert-OH is 1. The average Bonchev–Trinajstić information content (AvgIpc) is 2.43. The second kappa shape index (κ2) is 4.06. The quantitative estimate of drug-likeness (QED) is 0.774. The Morgan fingerprint density at radius 1 is 1.27 bits per heavy atom. The van der Waals surface area contributed by atoms with Crippen molar-refractivity contribution >= 4 is 0 Å². The van der Waals surface area contributed by atoms with Crippen LogP contribution >= 0.6 is 0 Å². The molecular weight excluding hydrogens is 199 g/mol. The SMILES string of the molecule is CC(O)c1ccc(F)c2c1OCCCO2. The molecule has 0 saturated carbocycles. The van der Waals surface area contributed by atoms with E-state index < -0.39 is 11.9 Å². The van der Waals surface area contributed by atoms with Crippen LogP contribution in [0.5, 0.6) is 11.5 Å². The van der Waals surface area contributed by atoms with Gasteiger partial charge in [-0.2, -0.15) is 0 Å². The van der Waals surface area contributed by atoms with Crippen LogP contribution < -0.4 is 9.47 Å². The van der Waals surface area contributed by atoms with Gasteiger partial charge in [0.15, 0.2) is 17.3 Å². The molecule has 0 bridgehead atoms. The van der Waals surface area contributed by atoms with Crippen molar-refractivity contribution in [2.45, 2.75) is 19.4 Å². The van der Waals surface area contributed by atoms with E-state index in [-0.39, 0.29) is 5.75 Å². The lowest BCUT2D eigenvalue weighted by Crippen LogP contribution is -2.01. The van der Waals surface area contributed by atoms with E-state index in [1.54, 1.807) is 6.92 Å². The monoisotopic (exact) mass is 212 g/mol. The molecule has 2 rings (SSSR count). The van der Waals surface area contributed by atoms with Gasteiger partial charge in [0.1, 0.15) is 0 Å². The van der Waals surface area contributed by atoms with E-state index in [9.17, 15) is 9.50 Å². The Labute approximate surface area is 87.4 Å². The van der Waals surface area contributed by atoms with E-state index >= 15 is 0 Å². The molecule has 0 spiro atoms. The zero-order valence-electron chi connectivity index (χ0n) is 8.50. The topological polar surface area (TPSA) is 38.7 Å². The first kappa shape index (κ1) is 10.2. The molecule has 1 aliphatic heterocycles. The molecule has 15 heavy (non-hydrogen) atoms. The van der Waals surface area contributed by atoms with Gasteiger partial charge in [-0.05, 0) is 19.1 Å². The number of hydrogen-bond acceptors (Lipinski definition) is 3. The molecule has 0 fully saturated rings. The van der Waals surface area contributed by atoms with Gasteiger partial charge in [-0.25, -0.2) is 4.39 Å². The standard InChI is InChI=1S/C11H13FO3/c1-7(13)8-3-4-9(12)11-10(8)14-5-2-6-15-11/h3-4,7,13H,2,5-6H2,1H3. The number of halogens is 1. The predicted molar refractivity (Wildman–Crippen MR) is 52.6 cm³/mol. The fourth-order valence-corrected chi connectivity index (χ4v) is 1.57. The van der Waals surface area contributed by atoms with Crippen LogP contribution in [0, 0.1) is 5.82 Å². The molecule has 1 heterocycles. The van der Waals surface area contributed by atoms with Crippen LogP contribution in [0.3, 0.4) is 0 Å². The molecule has 0 aliphatic carbocycles. The summed E-state index contributed by atoms with van der Waals surface area (Å²) in [6.07, 6.45) is 0.0222.